The van der Waals surface area contributed by atoms with Crippen LogP contribution >= 0.6 is 11.3 Å². The third kappa shape index (κ3) is 4.30. The molecule has 4 nitrogen and oxygen atoms in total. The Morgan fingerprint density at radius 2 is 2.15 bits per heavy atom. The van der Waals surface area contributed by atoms with Crippen molar-refractivity contribution in [2.45, 2.75) is 32.2 Å². The lowest BCUT2D eigenvalue weighted by Crippen LogP contribution is -2.26. The second-order valence-electron chi connectivity index (χ2n) is 5.39. The number of thiophene rings is 1. The highest BCUT2D eigenvalue weighted by atomic mass is 32.1. The molecular weight excluding hydrogens is 274 g/mol. The molecule has 1 saturated carbocycles. The Labute approximate surface area is 124 Å². The van der Waals surface area contributed by atoms with Crippen LogP contribution in [0.15, 0.2) is 12.1 Å². The maximum atomic E-state index is 11.2. The van der Waals surface area contributed by atoms with E-state index in [1.54, 1.807) is 11.3 Å². The summed E-state index contributed by atoms with van der Waals surface area (Å²) in [4.78, 5) is 13.5. The van der Waals surface area contributed by atoms with E-state index in [2.05, 4.69) is 16.1 Å². The summed E-state index contributed by atoms with van der Waals surface area (Å²) >= 11 is 1.65. The monoisotopic (exact) mass is 297 g/mol. The first-order chi connectivity index (χ1) is 9.72. The van der Waals surface area contributed by atoms with E-state index in [0.717, 1.165) is 24.4 Å². The Morgan fingerprint density at radius 1 is 1.40 bits per heavy atom. The molecule has 0 saturated heterocycles. The summed E-state index contributed by atoms with van der Waals surface area (Å²) in [6.45, 7) is 2.12. The molecule has 1 fully saturated rings. The molecule has 1 aromatic heterocycles. The number of nitrogens with one attached hydrogen (secondary N) is 1. The van der Waals surface area contributed by atoms with Crippen LogP contribution in [0.4, 0.5) is 0 Å². The maximum Gasteiger partial charge on any atom is 0.310 e. The Morgan fingerprint density at radius 3 is 2.90 bits per heavy atom. The third-order valence-electron chi connectivity index (χ3n) is 4.02. The van der Waals surface area contributed by atoms with Gasteiger partial charge in [-0.25, -0.2) is 0 Å². The van der Waals surface area contributed by atoms with Crippen molar-refractivity contribution in [2.75, 3.05) is 20.3 Å². The van der Waals surface area contributed by atoms with E-state index < -0.39 is 0 Å². The van der Waals surface area contributed by atoms with E-state index in [4.69, 9.17) is 0 Å². The summed E-state index contributed by atoms with van der Waals surface area (Å²) in [5.41, 5.74) is 0. The van der Waals surface area contributed by atoms with Gasteiger partial charge < -0.3 is 15.2 Å². The molecule has 0 amide bonds. The maximum absolute atomic E-state index is 11.2. The Bertz CT molecular complexity index is 433. The van der Waals surface area contributed by atoms with Gasteiger partial charge in [0.25, 0.3) is 0 Å². The number of esters is 1. The predicted octanol–water partition coefficient (Wildman–Crippen LogP) is 1.96. The van der Waals surface area contributed by atoms with E-state index >= 15 is 0 Å². The van der Waals surface area contributed by atoms with Crippen molar-refractivity contribution >= 4 is 17.3 Å². The molecular formula is C15H23NO3S. The zero-order valence-electron chi connectivity index (χ0n) is 11.9. The molecule has 2 unspecified atom stereocenters. The van der Waals surface area contributed by atoms with Crippen LogP contribution in [0.3, 0.4) is 0 Å². The first-order valence-corrected chi connectivity index (χ1v) is 8.00. The van der Waals surface area contributed by atoms with Crippen molar-refractivity contribution in [2.24, 2.45) is 11.8 Å². The molecule has 0 radical (unpaired) electrons. The van der Waals surface area contributed by atoms with E-state index in [1.807, 2.05) is 6.07 Å². The van der Waals surface area contributed by atoms with Gasteiger partial charge in [0.15, 0.2) is 0 Å². The number of carbonyl (C=O) groups is 1. The van der Waals surface area contributed by atoms with Crippen molar-refractivity contribution in [3.05, 3.63) is 21.9 Å². The fraction of sp³-hybridized carbons (Fsp3) is 0.667. The number of aliphatic hydroxyl groups excluding tert-OH is 1. The summed E-state index contributed by atoms with van der Waals surface area (Å²) in [7, 11) is 1.41. The molecule has 2 rings (SSSR count). The molecule has 0 spiro atoms. The van der Waals surface area contributed by atoms with Gasteiger partial charge in [-0.15, -0.1) is 11.3 Å². The molecule has 1 aliphatic carbocycles. The van der Waals surface area contributed by atoms with Crippen LogP contribution in [0, 0.1) is 11.8 Å². The minimum Gasteiger partial charge on any atom is -0.469 e. The van der Waals surface area contributed by atoms with Crippen molar-refractivity contribution in [3.63, 3.8) is 0 Å². The normalized spacial score (nSPS) is 22.1. The lowest BCUT2D eigenvalue weighted by atomic mass is 9.97. The molecule has 0 aromatic carbocycles. The van der Waals surface area contributed by atoms with Crippen molar-refractivity contribution in [3.8, 4) is 0 Å². The highest BCUT2D eigenvalue weighted by Crippen LogP contribution is 2.30. The molecule has 1 heterocycles. The number of ether oxygens (including phenoxy) is 1. The summed E-state index contributed by atoms with van der Waals surface area (Å²) in [5, 5.41) is 12.8. The average molecular weight is 297 g/mol. The fourth-order valence-corrected chi connectivity index (χ4v) is 3.80. The number of methoxy groups -OCH3 is 1. The predicted molar refractivity (Wildman–Crippen MR) is 79.7 cm³/mol. The SMILES string of the molecule is COC(=O)Cc1ccc(CNCC2CCCC2CO)s1. The summed E-state index contributed by atoms with van der Waals surface area (Å²) in [6.07, 6.45) is 3.97. The quantitative estimate of drug-likeness (QED) is 0.755. The number of hydrogen-bond acceptors (Lipinski definition) is 5. The molecule has 2 atom stereocenters. The van der Waals surface area contributed by atoms with Gasteiger partial charge in [-0.1, -0.05) is 6.42 Å². The van der Waals surface area contributed by atoms with Gasteiger partial charge in [0.05, 0.1) is 13.5 Å². The number of carbonyl (C=O) groups excluding carboxylic acids is 1. The van der Waals surface area contributed by atoms with Crippen molar-refractivity contribution < 1.29 is 14.6 Å². The average Bonchev–Trinajstić information content (AvgIpc) is 3.08. The Hall–Kier alpha value is -0.910. The largest absolute Gasteiger partial charge is 0.469 e. The minimum absolute atomic E-state index is 0.192. The van der Waals surface area contributed by atoms with E-state index in [-0.39, 0.29) is 5.97 Å². The van der Waals surface area contributed by atoms with E-state index in [0.29, 0.717) is 24.9 Å². The van der Waals surface area contributed by atoms with Crippen molar-refractivity contribution in [1.82, 2.24) is 5.32 Å². The van der Waals surface area contributed by atoms with E-state index in [1.165, 1.54) is 24.8 Å². The van der Waals surface area contributed by atoms with Crippen LogP contribution in [0.1, 0.15) is 29.0 Å². The second-order valence-corrected chi connectivity index (χ2v) is 6.64. The lowest BCUT2D eigenvalue weighted by Gasteiger charge is -2.17. The van der Waals surface area contributed by atoms with Gasteiger partial charge in [0.2, 0.25) is 0 Å². The van der Waals surface area contributed by atoms with Crippen LogP contribution in [0.5, 0.6) is 0 Å². The van der Waals surface area contributed by atoms with Crippen molar-refractivity contribution in [1.29, 1.82) is 0 Å². The van der Waals surface area contributed by atoms with Crippen LogP contribution in [-0.2, 0) is 22.5 Å². The second kappa shape index (κ2) is 7.76. The van der Waals surface area contributed by atoms with Gasteiger partial charge in [-0.3, -0.25) is 4.79 Å². The third-order valence-corrected chi connectivity index (χ3v) is 5.11. The van der Waals surface area contributed by atoms with Gasteiger partial charge in [-0.2, -0.15) is 0 Å². The molecule has 0 bridgehead atoms. The van der Waals surface area contributed by atoms with Crippen LogP contribution in [-0.4, -0.2) is 31.3 Å². The lowest BCUT2D eigenvalue weighted by molar-refractivity contribution is -0.139. The molecule has 0 aliphatic heterocycles. The number of hydrogen-bond donors (Lipinski definition) is 2. The van der Waals surface area contributed by atoms with Crippen LogP contribution < -0.4 is 5.32 Å². The highest BCUT2D eigenvalue weighted by Gasteiger charge is 2.25. The molecule has 1 aromatic rings. The molecule has 112 valence electrons. The summed E-state index contributed by atoms with van der Waals surface area (Å²) < 4.78 is 4.66. The number of aliphatic hydroxyl groups is 1. The van der Waals surface area contributed by atoms with Gasteiger partial charge >= 0.3 is 5.97 Å². The molecule has 5 heteroatoms. The van der Waals surface area contributed by atoms with Crippen LogP contribution in [0.2, 0.25) is 0 Å². The fourth-order valence-electron chi connectivity index (χ4n) is 2.83. The highest BCUT2D eigenvalue weighted by molar-refractivity contribution is 7.12. The minimum atomic E-state index is -0.192. The zero-order valence-corrected chi connectivity index (χ0v) is 12.7. The molecule has 2 N–H and O–H groups in total. The first kappa shape index (κ1) is 15.5. The van der Waals surface area contributed by atoms with Gasteiger partial charge in [-0.05, 0) is 43.4 Å². The standard InChI is InChI=1S/C15H23NO3S/c1-19-15(18)7-13-5-6-14(20-13)9-16-8-11-3-2-4-12(11)10-17/h5-6,11-12,16-17H,2-4,7-10H2,1H3. The topological polar surface area (TPSA) is 58.6 Å². The van der Waals surface area contributed by atoms with Crippen LogP contribution in [0.25, 0.3) is 0 Å². The van der Waals surface area contributed by atoms with E-state index in [9.17, 15) is 9.90 Å². The first-order valence-electron chi connectivity index (χ1n) is 7.19. The van der Waals surface area contributed by atoms with Gasteiger partial charge in [0.1, 0.15) is 0 Å². The summed E-state index contributed by atoms with van der Waals surface area (Å²) in [5.74, 6) is 0.887. The molecule has 20 heavy (non-hydrogen) atoms. The Kier molecular flexibility index (Phi) is 6.01. The smallest absolute Gasteiger partial charge is 0.310 e. The molecule has 1 aliphatic rings. The summed E-state index contributed by atoms with van der Waals surface area (Å²) in [6, 6.07) is 4.05. The Balaban J connectivity index is 1.73. The van der Waals surface area contributed by atoms with Gasteiger partial charge in [0, 0.05) is 22.9 Å². The number of rotatable bonds is 7. The zero-order chi connectivity index (χ0) is 14.4.